The molecule has 1 fully saturated rings. The number of benzene rings is 1. The monoisotopic (exact) mass is 284 g/mol. The van der Waals surface area contributed by atoms with Crippen molar-refractivity contribution in [1.29, 1.82) is 0 Å². The maximum Gasteiger partial charge on any atom is 0.243 e. The molecule has 1 atom stereocenters. The Morgan fingerprint density at radius 1 is 1.47 bits per heavy atom. The molecule has 19 heavy (non-hydrogen) atoms. The summed E-state index contributed by atoms with van der Waals surface area (Å²) in [6, 6.07) is 4.68. The zero-order valence-electron chi connectivity index (χ0n) is 11.0. The molecular formula is C13H20N2O3S. The van der Waals surface area contributed by atoms with Gasteiger partial charge in [-0.2, -0.15) is 4.31 Å². The van der Waals surface area contributed by atoms with Crippen LogP contribution in [0.1, 0.15) is 25.3 Å². The SMILES string of the molecule is CCc1ccc(N)cc1S(=O)(=O)N1CCCC1CO. The zero-order valence-corrected chi connectivity index (χ0v) is 11.9. The van der Waals surface area contributed by atoms with Crippen LogP contribution in [0.2, 0.25) is 0 Å². The number of sulfonamides is 1. The molecule has 5 nitrogen and oxygen atoms in total. The summed E-state index contributed by atoms with van der Waals surface area (Å²) in [5, 5.41) is 9.30. The zero-order chi connectivity index (χ0) is 14.0. The number of aliphatic hydroxyl groups excluding tert-OH is 1. The molecule has 0 aliphatic carbocycles. The Kier molecular flexibility index (Phi) is 4.13. The molecular weight excluding hydrogens is 264 g/mol. The highest BCUT2D eigenvalue weighted by atomic mass is 32.2. The van der Waals surface area contributed by atoms with Crippen LogP contribution in [0.25, 0.3) is 0 Å². The third-order valence-electron chi connectivity index (χ3n) is 3.59. The number of anilines is 1. The molecule has 0 radical (unpaired) electrons. The summed E-state index contributed by atoms with van der Waals surface area (Å²) < 4.78 is 26.8. The summed E-state index contributed by atoms with van der Waals surface area (Å²) in [6.45, 7) is 2.24. The summed E-state index contributed by atoms with van der Waals surface area (Å²) in [4.78, 5) is 0.273. The summed E-state index contributed by atoms with van der Waals surface area (Å²) in [7, 11) is -3.57. The van der Waals surface area contributed by atoms with E-state index in [1.807, 2.05) is 6.92 Å². The molecule has 0 aromatic heterocycles. The van der Waals surface area contributed by atoms with Gasteiger partial charge in [-0.1, -0.05) is 13.0 Å². The van der Waals surface area contributed by atoms with Crippen LogP contribution in [-0.4, -0.2) is 37.0 Å². The molecule has 2 rings (SSSR count). The van der Waals surface area contributed by atoms with E-state index in [1.54, 1.807) is 12.1 Å². The molecule has 1 unspecified atom stereocenters. The summed E-state index contributed by atoms with van der Waals surface area (Å²) in [5.41, 5.74) is 6.91. The van der Waals surface area contributed by atoms with Crippen molar-refractivity contribution in [3.05, 3.63) is 23.8 Å². The van der Waals surface area contributed by atoms with E-state index < -0.39 is 10.0 Å². The van der Waals surface area contributed by atoms with Crippen LogP contribution in [0.15, 0.2) is 23.1 Å². The van der Waals surface area contributed by atoms with Crippen molar-refractivity contribution in [3.63, 3.8) is 0 Å². The lowest BCUT2D eigenvalue weighted by molar-refractivity contribution is 0.213. The van der Waals surface area contributed by atoms with Gasteiger partial charge in [-0.15, -0.1) is 0 Å². The van der Waals surface area contributed by atoms with Crippen molar-refractivity contribution in [1.82, 2.24) is 4.31 Å². The van der Waals surface area contributed by atoms with Crippen molar-refractivity contribution in [2.45, 2.75) is 37.1 Å². The van der Waals surface area contributed by atoms with E-state index in [1.165, 1.54) is 10.4 Å². The number of hydrogen-bond acceptors (Lipinski definition) is 4. The number of nitrogens with two attached hydrogens (primary N) is 1. The number of rotatable bonds is 4. The minimum absolute atomic E-state index is 0.136. The fourth-order valence-corrected chi connectivity index (χ4v) is 4.55. The van der Waals surface area contributed by atoms with Crippen molar-refractivity contribution < 1.29 is 13.5 Å². The second-order valence-electron chi connectivity index (χ2n) is 4.82. The smallest absolute Gasteiger partial charge is 0.243 e. The van der Waals surface area contributed by atoms with Crippen LogP contribution in [0.3, 0.4) is 0 Å². The van der Waals surface area contributed by atoms with E-state index in [4.69, 9.17) is 5.73 Å². The van der Waals surface area contributed by atoms with Gasteiger partial charge in [0, 0.05) is 18.3 Å². The molecule has 0 bridgehead atoms. The summed E-state index contributed by atoms with van der Waals surface area (Å²) in [5.74, 6) is 0. The maximum absolute atomic E-state index is 12.7. The molecule has 1 heterocycles. The van der Waals surface area contributed by atoms with E-state index in [2.05, 4.69) is 0 Å². The second kappa shape index (κ2) is 5.48. The summed E-state index contributed by atoms with van der Waals surface area (Å²) in [6.07, 6.45) is 2.13. The lowest BCUT2D eigenvalue weighted by Gasteiger charge is -2.23. The number of aryl methyl sites for hydroxylation is 1. The Morgan fingerprint density at radius 2 is 2.21 bits per heavy atom. The molecule has 3 N–H and O–H groups in total. The van der Waals surface area contributed by atoms with E-state index >= 15 is 0 Å². The van der Waals surface area contributed by atoms with Crippen LogP contribution in [0.5, 0.6) is 0 Å². The fraction of sp³-hybridized carbons (Fsp3) is 0.538. The third kappa shape index (κ3) is 2.61. The fourth-order valence-electron chi connectivity index (χ4n) is 2.54. The lowest BCUT2D eigenvalue weighted by Crippen LogP contribution is -2.38. The number of nitrogens with zero attached hydrogens (tertiary/aromatic N) is 1. The molecule has 1 saturated heterocycles. The Morgan fingerprint density at radius 3 is 2.84 bits per heavy atom. The Hall–Kier alpha value is -1.11. The minimum atomic E-state index is -3.57. The first kappa shape index (κ1) is 14.3. The summed E-state index contributed by atoms with van der Waals surface area (Å²) >= 11 is 0. The molecule has 106 valence electrons. The van der Waals surface area contributed by atoms with Gasteiger partial charge in [0.15, 0.2) is 0 Å². The first-order chi connectivity index (χ1) is 9.00. The quantitative estimate of drug-likeness (QED) is 0.807. The molecule has 0 spiro atoms. The minimum Gasteiger partial charge on any atom is -0.399 e. The van der Waals surface area contributed by atoms with Gasteiger partial charge in [-0.25, -0.2) is 8.42 Å². The first-order valence-electron chi connectivity index (χ1n) is 6.51. The second-order valence-corrected chi connectivity index (χ2v) is 6.67. The first-order valence-corrected chi connectivity index (χ1v) is 7.95. The number of hydrogen-bond donors (Lipinski definition) is 2. The normalized spacial score (nSPS) is 20.8. The van der Waals surface area contributed by atoms with Crippen molar-refractivity contribution >= 4 is 15.7 Å². The van der Waals surface area contributed by atoms with Gasteiger partial charge in [0.1, 0.15) is 0 Å². The molecule has 0 amide bonds. The van der Waals surface area contributed by atoms with Gasteiger partial charge in [0.25, 0.3) is 0 Å². The largest absolute Gasteiger partial charge is 0.399 e. The van der Waals surface area contributed by atoms with Crippen LogP contribution >= 0.6 is 0 Å². The predicted molar refractivity (Wildman–Crippen MR) is 74.2 cm³/mol. The lowest BCUT2D eigenvalue weighted by atomic mass is 10.1. The number of aliphatic hydroxyl groups is 1. The highest BCUT2D eigenvalue weighted by Gasteiger charge is 2.35. The molecule has 1 aliphatic heterocycles. The van der Waals surface area contributed by atoms with Gasteiger partial charge in [0.05, 0.1) is 11.5 Å². The van der Waals surface area contributed by atoms with Crippen LogP contribution < -0.4 is 5.73 Å². The van der Waals surface area contributed by atoms with Crippen molar-refractivity contribution in [3.8, 4) is 0 Å². The third-order valence-corrected chi connectivity index (χ3v) is 5.63. The molecule has 0 saturated carbocycles. The van der Waals surface area contributed by atoms with E-state index in [0.717, 1.165) is 12.0 Å². The van der Waals surface area contributed by atoms with Crippen molar-refractivity contribution in [2.75, 3.05) is 18.9 Å². The maximum atomic E-state index is 12.7. The van der Waals surface area contributed by atoms with Gasteiger partial charge in [-0.05, 0) is 37.0 Å². The van der Waals surface area contributed by atoms with E-state index in [0.29, 0.717) is 25.1 Å². The number of nitrogen functional groups attached to an aromatic ring is 1. The molecule has 1 aromatic carbocycles. The topological polar surface area (TPSA) is 83.6 Å². The average molecular weight is 284 g/mol. The Labute approximate surface area is 114 Å². The van der Waals surface area contributed by atoms with Crippen molar-refractivity contribution in [2.24, 2.45) is 0 Å². The van der Waals surface area contributed by atoms with Gasteiger partial charge in [0.2, 0.25) is 10.0 Å². The highest BCUT2D eigenvalue weighted by molar-refractivity contribution is 7.89. The van der Waals surface area contributed by atoms with E-state index in [9.17, 15) is 13.5 Å². The molecule has 6 heteroatoms. The standard InChI is InChI=1S/C13H20N2O3S/c1-2-10-5-6-11(14)8-13(10)19(17,18)15-7-3-4-12(15)9-16/h5-6,8,12,16H,2-4,7,9,14H2,1H3. The van der Waals surface area contributed by atoms with Crippen LogP contribution in [0.4, 0.5) is 5.69 Å². The van der Waals surface area contributed by atoms with Gasteiger partial charge >= 0.3 is 0 Å². The highest BCUT2D eigenvalue weighted by Crippen LogP contribution is 2.29. The van der Waals surface area contributed by atoms with Crippen LogP contribution in [-0.2, 0) is 16.4 Å². The van der Waals surface area contributed by atoms with Crippen LogP contribution in [0, 0.1) is 0 Å². The molecule has 1 aromatic rings. The van der Waals surface area contributed by atoms with Gasteiger partial charge in [-0.3, -0.25) is 0 Å². The predicted octanol–water partition coefficient (Wildman–Crippen LogP) is 0.977. The van der Waals surface area contributed by atoms with E-state index in [-0.39, 0.29) is 17.5 Å². The average Bonchev–Trinajstić information content (AvgIpc) is 2.87. The Balaban J connectivity index is 2.47. The Bertz CT molecular complexity index is 557. The van der Waals surface area contributed by atoms with Gasteiger partial charge < -0.3 is 10.8 Å². The molecule has 1 aliphatic rings.